The first-order valence-electron chi connectivity index (χ1n) is 5.93. The van der Waals surface area contributed by atoms with Crippen LogP contribution in [-0.2, 0) is 0 Å². The van der Waals surface area contributed by atoms with Crippen LogP contribution in [0.2, 0.25) is 0 Å². The lowest BCUT2D eigenvalue weighted by Gasteiger charge is -2.10. The summed E-state index contributed by atoms with van der Waals surface area (Å²) in [7, 11) is 0. The van der Waals surface area contributed by atoms with Gasteiger partial charge in [0.2, 0.25) is 0 Å². The van der Waals surface area contributed by atoms with Gasteiger partial charge >= 0.3 is 5.97 Å². The number of carboxylic acid groups (broad SMARTS) is 1. The van der Waals surface area contributed by atoms with E-state index in [0.717, 1.165) is 16.1 Å². The second-order valence-electron chi connectivity index (χ2n) is 4.38. The van der Waals surface area contributed by atoms with Gasteiger partial charge in [-0.2, -0.15) is 0 Å². The number of aryl methyl sites for hydroxylation is 1. The summed E-state index contributed by atoms with van der Waals surface area (Å²) in [6, 6.07) is 9.23. The Balaban J connectivity index is 2.44. The quantitative estimate of drug-likeness (QED) is 0.639. The normalized spacial score (nSPS) is 10.2. The van der Waals surface area contributed by atoms with E-state index in [1.54, 1.807) is 6.07 Å². The van der Waals surface area contributed by atoms with Crippen LogP contribution in [0.3, 0.4) is 0 Å². The Labute approximate surface area is 128 Å². The lowest BCUT2D eigenvalue weighted by Crippen LogP contribution is -2.02. The van der Waals surface area contributed by atoms with Crippen molar-refractivity contribution < 1.29 is 14.8 Å². The maximum atomic E-state index is 11.1. The molecule has 0 saturated carbocycles. The lowest BCUT2D eigenvalue weighted by molar-refractivity contribution is -0.383. The molecule has 0 aliphatic rings. The SMILES string of the molecule is Cc1cc(Br)ccc1Nc1ccc(C(=O)O)cc1[N+](=O)[O-]. The fraction of sp³-hybridized carbons (Fsp3) is 0.0714. The summed E-state index contributed by atoms with van der Waals surface area (Å²) in [6.07, 6.45) is 0. The Bertz CT molecular complexity index is 731. The highest BCUT2D eigenvalue weighted by atomic mass is 79.9. The first-order valence-corrected chi connectivity index (χ1v) is 6.72. The number of hydrogen-bond donors (Lipinski definition) is 2. The monoisotopic (exact) mass is 350 g/mol. The van der Waals surface area contributed by atoms with Crippen molar-refractivity contribution in [1.82, 2.24) is 0 Å². The van der Waals surface area contributed by atoms with Crippen LogP contribution in [0, 0.1) is 17.0 Å². The fourth-order valence-electron chi connectivity index (χ4n) is 1.83. The Morgan fingerprint density at radius 3 is 2.48 bits per heavy atom. The molecule has 0 unspecified atom stereocenters. The number of carboxylic acids is 1. The van der Waals surface area contributed by atoms with Gasteiger partial charge in [0, 0.05) is 16.2 Å². The van der Waals surface area contributed by atoms with Crippen molar-refractivity contribution in [2.75, 3.05) is 5.32 Å². The van der Waals surface area contributed by atoms with Crippen molar-refractivity contribution in [1.29, 1.82) is 0 Å². The number of halogens is 1. The number of nitrogens with zero attached hydrogens (tertiary/aromatic N) is 1. The third-order valence-corrected chi connectivity index (χ3v) is 3.39. The van der Waals surface area contributed by atoms with Gasteiger partial charge in [-0.3, -0.25) is 10.1 Å². The van der Waals surface area contributed by atoms with Gasteiger partial charge in [-0.25, -0.2) is 4.79 Å². The largest absolute Gasteiger partial charge is 0.478 e. The second-order valence-corrected chi connectivity index (χ2v) is 5.29. The second kappa shape index (κ2) is 5.92. The minimum atomic E-state index is -1.20. The molecule has 0 heterocycles. The Morgan fingerprint density at radius 2 is 1.90 bits per heavy atom. The van der Waals surface area contributed by atoms with Gasteiger partial charge in [-0.1, -0.05) is 15.9 Å². The highest BCUT2D eigenvalue weighted by Crippen LogP contribution is 2.30. The van der Waals surface area contributed by atoms with E-state index in [1.165, 1.54) is 12.1 Å². The van der Waals surface area contributed by atoms with Crippen molar-refractivity contribution >= 4 is 39.0 Å². The van der Waals surface area contributed by atoms with Gasteiger partial charge in [-0.15, -0.1) is 0 Å². The summed E-state index contributed by atoms with van der Waals surface area (Å²) in [6.45, 7) is 1.87. The predicted molar refractivity (Wildman–Crippen MR) is 82.2 cm³/mol. The van der Waals surface area contributed by atoms with E-state index in [0.29, 0.717) is 5.69 Å². The number of anilines is 2. The number of hydrogen-bond acceptors (Lipinski definition) is 4. The Morgan fingerprint density at radius 1 is 1.24 bits per heavy atom. The van der Waals surface area contributed by atoms with Crippen LogP contribution in [0.1, 0.15) is 15.9 Å². The number of carbonyl (C=O) groups is 1. The Kier molecular flexibility index (Phi) is 4.23. The minimum Gasteiger partial charge on any atom is -0.478 e. The van der Waals surface area contributed by atoms with Gasteiger partial charge < -0.3 is 10.4 Å². The number of nitrogens with one attached hydrogen (secondary N) is 1. The van der Waals surface area contributed by atoms with Crippen LogP contribution in [0.5, 0.6) is 0 Å². The van der Waals surface area contributed by atoms with Gasteiger partial charge in [0.1, 0.15) is 5.69 Å². The lowest BCUT2D eigenvalue weighted by atomic mass is 10.1. The molecule has 2 N–H and O–H groups in total. The molecule has 0 saturated heterocycles. The van der Waals surface area contributed by atoms with Crippen molar-refractivity contribution in [3.8, 4) is 0 Å². The molecule has 2 aromatic carbocycles. The van der Waals surface area contributed by atoms with Gasteiger partial charge in [0.15, 0.2) is 0 Å². The van der Waals surface area contributed by atoms with Crippen LogP contribution in [0.25, 0.3) is 0 Å². The first kappa shape index (κ1) is 15.0. The van der Waals surface area contributed by atoms with Crippen molar-refractivity contribution in [2.45, 2.75) is 6.92 Å². The molecule has 0 radical (unpaired) electrons. The van der Waals surface area contributed by atoms with E-state index < -0.39 is 10.9 Å². The van der Waals surface area contributed by atoms with E-state index in [-0.39, 0.29) is 16.9 Å². The average molecular weight is 351 g/mol. The molecular formula is C14H11BrN2O4. The molecule has 0 aliphatic carbocycles. The molecule has 6 nitrogen and oxygen atoms in total. The molecular weight excluding hydrogens is 340 g/mol. The topological polar surface area (TPSA) is 92.5 Å². The number of nitro benzene ring substituents is 1. The number of nitro groups is 1. The fourth-order valence-corrected chi connectivity index (χ4v) is 2.31. The summed E-state index contributed by atoms with van der Waals surface area (Å²) in [5.74, 6) is -1.20. The summed E-state index contributed by atoms with van der Waals surface area (Å²) in [4.78, 5) is 21.4. The zero-order chi connectivity index (χ0) is 15.6. The van der Waals surface area contributed by atoms with E-state index in [2.05, 4.69) is 21.2 Å². The number of rotatable bonds is 4. The molecule has 21 heavy (non-hydrogen) atoms. The first-order chi connectivity index (χ1) is 9.88. The smallest absolute Gasteiger partial charge is 0.335 e. The van der Waals surface area contributed by atoms with Crippen molar-refractivity contribution in [3.05, 3.63) is 62.1 Å². The minimum absolute atomic E-state index is 0.125. The third kappa shape index (κ3) is 3.38. The standard InChI is InChI=1S/C14H11BrN2O4/c1-8-6-10(15)3-5-11(8)16-12-4-2-9(14(18)19)7-13(12)17(20)21/h2-7,16H,1H3,(H,18,19). The number of benzene rings is 2. The van der Waals surface area contributed by atoms with Crippen LogP contribution >= 0.6 is 15.9 Å². The maximum Gasteiger partial charge on any atom is 0.335 e. The van der Waals surface area contributed by atoms with E-state index >= 15 is 0 Å². The highest BCUT2D eigenvalue weighted by molar-refractivity contribution is 9.10. The van der Waals surface area contributed by atoms with Gasteiger partial charge in [0.05, 0.1) is 10.5 Å². The summed E-state index contributed by atoms with van der Waals surface area (Å²) >= 11 is 3.34. The van der Waals surface area contributed by atoms with Crippen LogP contribution in [0.15, 0.2) is 40.9 Å². The summed E-state index contributed by atoms with van der Waals surface area (Å²) < 4.78 is 0.904. The van der Waals surface area contributed by atoms with Gasteiger partial charge in [0.25, 0.3) is 5.69 Å². The number of aromatic carboxylic acids is 1. The molecule has 108 valence electrons. The highest BCUT2D eigenvalue weighted by Gasteiger charge is 2.17. The molecule has 0 bridgehead atoms. The molecule has 0 aliphatic heterocycles. The zero-order valence-electron chi connectivity index (χ0n) is 11.0. The molecule has 0 fully saturated rings. The third-order valence-electron chi connectivity index (χ3n) is 2.90. The molecule has 0 amide bonds. The van der Waals surface area contributed by atoms with Crippen molar-refractivity contribution in [2.24, 2.45) is 0 Å². The van der Waals surface area contributed by atoms with Crippen LogP contribution in [0.4, 0.5) is 17.1 Å². The van der Waals surface area contributed by atoms with Crippen molar-refractivity contribution in [3.63, 3.8) is 0 Å². The van der Waals surface area contributed by atoms with E-state index in [4.69, 9.17) is 5.11 Å². The zero-order valence-corrected chi connectivity index (χ0v) is 12.5. The summed E-state index contributed by atoms with van der Waals surface area (Å²) in [5.41, 5.74) is 1.46. The van der Waals surface area contributed by atoms with E-state index in [1.807, 2.05) is 19.1 Å². The van der Waals surface area contributed by atoms with Crippen LogP contribution in [-0.4, -0.2) is 16.0 Å². The van der Waals surface area contributed by atoms with Crippen LogP contribution < -0.4 is 5.32 Å². The molecule has 7 heteroatoms. The predicted octanol–water partition coefficient (Wildman–Crippen LogP) is 4.11. The van der Waals surface area contributed by atoms with E-state index in [9.17, 15) is 14.9 Å². The average Bonchev–Trinajstić information content (AvgIpc) is 2.41. The molecule has 0 atom stereocenters. The molecule has 0 spiro atoms. The maximum absolute atomic E-state index is 11.1. The van der Waals surface area contributed by atoms with Gasteiger partial charge in [-0.05, 0) is 42.8 Å². The molecule has 2 aromatic rings. The molecule has 0 aromatic heterocycles. The Hall–Kier alpha value is -2.41. The summed E-state index contributed by atoms with van der Waals surface area (Å²) in [5, 5.41) is 22.9. The molecule has 2 rings (SSSR count).